The number of para-hydroxylation sites is 1. The van der Waals surface area contributed by atoms with E-state index >= 15 is 0 Å². The Morgan fingerprint density at radius 1 is 1.00 bits per heavy atom. The first-order chi connectivity index (χ1) is 12.4. The van der Waals surface area contributed by atoms with E-state index in [1.807, 2.05) is 6.92 Å². The van der Waals surface area contributed by atoms with Gasteiger partial charge in [-0.15, -0.1) is 0 Å². The highest BCUT2D eigenvalue weighted by atomic mass is 35.5. The predicted octanol–water partition coefficient (Wildman–Crippen LogP) is 5.28. The molecule has 6 nitrogen and oxygen atoms in total. The number of carbonyl (C=O) groups is 1. The molecular weight excluding hydrogens is 375 g/mol. The maximum absolute atomic E-state index is 10.9. The lowest BCUT2D eigenvalue weighted by Gasteiger charge is -2.12. The minimum absolute atomic E-state index is 0.213. The first-order valence-electron chi connectivity index (χ1n) is 7.59. The molecule has 0 radical (unpaired) electrons. The molecule has 3 aromatic rings. The molecule has 0 spiro atoms. The van der Waals surface area contributed by atoms with Gasteiger partial charge < -0.3 is 15.7 Å². The maximum Gasteiger partial charge on any atom is 0.335 e. The quantitative estimate of drug-likeness (QED) is 0.551. The summed E-state index contributed by atoms with van der Waals surface area (Å²) < 4.78 is 0. The number of benzene rings is 2. The number of rotatable bonds is 5. The molecule has 0 saturated carbocycles. The van der Waals surface area contributed by atoms with E-state index in [1.165, 1.54) is 12.1 Å². The van der Waals surface area contributed by atoms with E-state index in [9.17, 15) is 4.79 Å². The van der Waals surface area contributed by atoms with Crippen LogP contribution in [0.3, 0.4) is 0 Å². The first-order valence-corrected chi connectivity index (χ1v) is 8.35. The summed E-state index contributed by atoms with van der Waals surface area (Å²) in [5.41, 5.74) is 2.17. The average molecular weight is 389 g/mol. The number of nitrogens with one attached hydrogen (secondary N) is 2. The standard InChI is InChI=1S/C18H14Cl2N4O2/c1-10-9-15(22-12-7-5-11(6-8-12)17(25)26)23-18(21-10)24-16-13(19)3-2-4-14(16)20/h2-9H,1H3,(H,25,26)(H2,21,22,23,24). The molecule has 3 rings (SSSR count). The van der Waals surface area contributed by atoms with Gasteiger partial charge in [-0.25, -0.2) is 9.78 Å². The number of aryl methyl sites for hydroxylation is 1. The third-order valence-corrected chi connectivity index (χ3v) is 4.09. The van der Waals surface area contributed by atoms with Crippen molar-refractivity contribution in [2.45, 2.75) is 6.92 Å². The van der Waals surface area contributed by atoms with Crippen molar-refractivity contribution in [1.29, 1.82) is 0 Å². The first kappa shape index (κ1) is 18.0. The smallest absolute Gasteiger partial charge is 0.335 e. The van der Waals surface area contributed by atoms with Gasteiger partial charge in [0.15, 0.2) is 0 Å². The second kappa shape index (κ2) is 7.59. The summed E-state index contributed by atoms with van der Waals surface area (Å²) in [6.07, 6.45) is 0. The SMILES string of the molecule is Cc1cc(Nc2ccc(C(=O)O)cc2)nc(Nc2c(Cl)cccc2Cl)n1. The van der Waals surface area contributed by atoms with E-state index in [4.69, 9.17) is 28.3 Å². The second-order valence-corrected chi connectivity index (χ2v) is 6.26. The monoisotopic (exact) mass is 388 g/mol. The summed E-state index contributed by atoms with van der Waals surface area (Å²) in [6, 6.07) is 13.3. The zero-order chi connectivity index (χ0) is 18.7. The lowest BCUT2D eigenvalue weighted by molar-refractivity contribution is 0.0697. The van der Waals surface area contributed by atoms with Gasteiger partial charge in [-0.05, 0) is 43.3 Å². The fraction of sp³-hybridized carbons (Fsp3) is 0.0556. The van der Waals surface area contributed by atoms with Crippen molar-refractivity contribution in [3.05, 3.63) is 69.8 Å². The summed E-state index contributed by atoms with van der Waals surface area (Å²) in [6.45, 7) is 1.83. The number of anilines is 4. The van der Waals surface area contributed by atoms with Crippen LogP contribution in [0.15, 0.2) is 48.5 Å². The second-order valence-electron chi connectivity index (χ2n) is 5.45. The third kappa shape index (κ3) is 4.22. The Bertz CT molecular complexity index is 942. The summed E-state index contributed by atoms with van der Waals surface area (Å²) in [5, 5.41) is 16.0. The number of carboxylic acids is 1. The molecule has 1 aromatic heterocycles. The zero-order valence-electron chi connectivity index (χ0n) is 13.6. The lowest BCUT2D eigenvalue weighted by atomic mass is 10.2. The van der Waals surface area contributed by atoms with Crippen molar-refractivity contribution in [2.24, 2.45) is 0 Å². The topological polar surface area (TPSA) is 87.1 Å². The van der Waals surface area contributed by atoms with Gasteiger partial charge in [-0.2, -0.15) is 4.98 Å². The highest BCUT2D eigenvalue weighted by Gasteiger charge is 2.09. The van der Waals surface area contributed by atoms with Crippen molar-refractivity contribution < 1.29 is 9.90 Å². The molecule has 0 saturated heterocycles. The van der Waals surface area contributed by atoms with E-state index < -0.39 is 5.97 Å². The van der Waals surface area contributed by atoms with E-state index in [1.54, 1.807) is 36.4 Å². The highest BCUT2D eigenvalue weighted by molar-refractivity contribution is 6.39. The van der Waals surface area contributed by atoms with Crippen LogP contribution >= 0.6 is 23.2 Å². The van der Waals surface area contributed by atoms with E-state index in [2.05, 4.69) is 20.6 Å². The molecule has 0 amide bonds. The molecule has 0 aliphatic heterocycles. The molecule has 2 aromatic carbocycles. The van der Waals surface area contributed by atoms with Crippen LogP contribution < -0.4 is 10.6 Å². The van der Waals surface area contributed by atoms with E-state index in [-0.39, 0.29) is 5.56 Å². The molecule has 0 atom stereocenters. The maximum atomic E-state index is 10.9. The Morgan fingerprint density at radius 2 is 1.65 bits per heavy atom. The number of hydrogen-bond donors (Lipinski definition) is 3. The molecule has 0 fully saturated rings. The Morgan fingerprint density at radius 3 is 2.27 bits per heavy atom. The number of aromatic nitrogens is 2. The van der Waals surface area contributed by atoms with Crippen LogP contribution in [0.25, 0.3) is 0 Å². The summed E-state index contributed by atoms with van der Waals surface area (Å²) >= 11 is 12.3. The molecule has 0 unspecified atom stereocenters. The Balaban J connectivity index is 1.84. The minimum atomic E-state index is -0.975. The molecule has 3 N–H and O–H groups in total. The molecule has 26 heavy (non-hydrogen) atoms. The molecule has 0 aliphatic rings. The zero-order valence-corrected chi connectivity index (χ0v) is 15.1. The van der Waals surface area contributed by atoms with Crippen LogP contribution in [0.5, 0.6) is 0 Å². The van der Waals surface area contributed by atoms with Crippen LogP contribution in [0.2, 0.25) is 10.0 Å². The van der Waals surface area contributed by atoms with Gasteiger partial charge >= 0.3 is 5.97 Å². The number of nitrogens with zero attached hydrogens (tertiary/aromatic N) is 2. The Labute approximate surface area is 159 Å². The van der Waals surface area contributed by atoms with Gasteiger partial charge in [-0.1, -0.05) is 29.3 Å². The van der Waals surface area contributed by atoms with E-state index in [0.717, 1.165) is 5.69 Å². The number of aromatic carboxylic acids is 1. The number of hydrogen-bond acceptors (Lipinski definition) is 5. The van der Waals surface area contributed by atoms with Crippen LogP contribution in [0.1, 0.15) is 16.1 Å². The Hall–Kier alpha value is -2.83. The lowest BCUT2D eigenvalue weighted by Crippen LogP contribution is -2.03. The predicted molar refractivity (Wildman–Crippen MR) is 103 cm³/mol. The van der Waals surface area contributed by atoms with Crippen LogP contribution in [-0.4, -0.2) is 21.0 Å². The van der Waals surface area contributed by atoms with Crippen LogP contribution in [0.4, 0.5) is 23.1 Å². The third-order valence-electron chi connectivity index (χ3n) is 3.46. The van der Waals surface area contributed by atoms with Crippen molar-refractivity contribution in [2.75, 3.05) is 10.6 Å². The molecule has 0 aliphatic carbocycles. The number of halogens is 2. The summed E-state index contributed by atoms with van der Waals surface area (Å²) in [5.74, 6) is -0.0894. The van der Waals surface area contributed by atoms with Gasteiger partial charge in [0.1, 0.15) is 5.82 Å². The highest BCUT2D eigenvalue weighted by Crippen LogP contribution is 2.32. The van der Waals surface area contributed by atoms with Gasteiger partial charge in [0, 0.05) is 17.4 Å². The summed E-state index contributed by atoms with van der Waals surface area (Å²) in [4.78, 5) is 19.6. The van der Waals surface area contributed by atoms with Gasteiger partial charge in [0.05, 0.1) is 21.3 Å². The molecule has 132 valence electrons. The van der Waals surface area contributed by atoms with Crippen molar-refractivity contribution >= 4 is 52.3 Å². The molecule has 8 heteroatoms. The number of carboxylic acid groups (broad SMARTS) is 1. The molecule has 1 heterocycles. The summed E-state index contributed by atoms with van der Waals surface area (Å²) in [7, 11) is 0. The Kier molecular flexibility index (Phi) is 5.25. The molecular formula is C18H14Cl2N4O2. The minimum Gasteiger partial charge on any atom is -0.478 e. The van der Waals surface area contributed by atoms with Crippen molar-refractivity contribution in [3.8, 4) is 0 Å². The van der Waals surface area contributed by atoms with Crippen molar-refractivity contribution in [1.82, 2.24) is 9.97 Å². The van der Waals surface area contributed by atoms with Gasteiger partial charge in [-0.3, -0.25) is 0 Å². The van der Waals surface area contributed by atoms with E-state index in [0.29, 0.717) is 33.2 Å². The fourth-order valence-corrected chi connectivity index (χ4v) is 2.75. The molecule has 0 bridgehead atoms. The average Bonchev–Trinajstić information content (AvgIpc) is 2.58. The van der Waals surface area contributed by atoms with Crippen LogP contribution in [-0.2, 0) is 0 Å². The van der Waals surface area contributed by atoms with Gasteiger partial charge in [0.2, 0.25) is 5.95 Å². The van der Waals surface area contributed by atoms with Crippen LogP contribution in [0, 0.1) is 6.92 Å². The fourth-order valence-electron chi connectivity index (χ4n) is 2.26. The van der Waals surface area contributed by atoms with Crippen molar-refractivity contribution in [3.63, 3.8) is 0 Å². The van der Waals surface area contributed by atoms with Gasteiger partial charge in [0.25, 0.3) is 0 Å². The largest absolute Gasteiger partial charge is 0.478 e. The normalized spacial score (nSPS) is 10.4.